The molecule has 1 atom stereocenters. The molecule has 2 rings (SSSR count). The van der Waals surface area contributed by atoms with Crippen LogP contribution >= 0.6 is 15.9 Å². The summed E-state index contributed by atoms with van der Waals surface area (Å²) in [7, 11) is 0. The van der Waals surface area contributed by atoms with Crippen LogP contribution in [0.3, 0.4) is 0 Å². The first-order valence-corrected chi connectivity index (χ1v) is 5.52. The summed E-state index contributed by atoms with van der Waals surface area (Å²) in [4.78, 5) is 12.1. The van der Waals surface area contributed by atoms with Crippen molar-refractivity contribution >= 4 is 27.7 Å². The maximum Gasteiger partial charge on any atom is 0.410 e. The molecule has 8 heteroatoms. The lowest BCUT2D eigenvalue weighted by Gasteiger charge is -2.36. The molecule has 1 unspecified atom stereocenters. The number of hydrogen-bond donors (Lipinski definition) is 1. The number of nitrogens with zero attached hydrogens (tertiary/aromatic N) is 1. The van der Waals surface area contributed by atoms with E-state index in [4.69, 9.17) is 4.42 Å². The van der Waals surface area contributed by atoms with Gasteiger partial charge in [0.25, 0.3) is 0 Å². The van der Waals surface area contributed by atoms with Crippen LogP contribution in [-0.4, -0.2) is 31.2 Å². The molecule has 0 spiro atoms. The van der Waals surface area contributed by atoms with Crippen LogP contribution in [0.2, 0.25) is 0 Å². The molecule has 1 saturated heterocycles. The average Bonchev–Trinajstić information content (AvgIpc) is 2.62. The van der Waals surface area contributed by atoms with E-state index in [0.717, 1.165) is 4.90 Å². The van der Waals surface area contributed by atoms with Crippen molar-refractivity contribution < 1.29 is 22.4 Å². The van der Waals surface area contributed by atoms with Gasteiger partial charge in [0.05, 0.1) is 0 Å². The molecule has 4 nitrogen and oxygen atoms in total. The monoisotopic (exact) mass is 312 g/mol. The predicted molar refractivity (Wildman–Crippen MR) is 56.6 cm³/mol. The Balaban J connectivity index is 2.29. The molecular weight excluding hydrogens is 305 g/mol. The number of alkyl halides is 3. The van der Waals surface area contributed by atoms with Crippen molar-refractivity contribution in [3.8, 4) is 0 Å². The lowest BCUT2D eigenvalue weighted by molar-refractivity contribution is -0.153. The Hall–Kier alpha value is -1.18. The minimum Gasteiger partial charge on any atom is -0.434 e. The van der Waals surface area contributed by atoms with Crippen molar-refractivity contribution in [1.29, 1.82) is 0 Å². The van der Waals surface area contributed by atoms with E-state index in [9.17, 15) is 18.0 Å². The summed E-state index contributed by atoms with van der Waals surface area (Å²) < 4.78 is 43.7. The quantitative estimate of drug-likeness (QED) is 0.861. The first-order valence-electron chi connectivity index (χ1n) is 4.73. The van der Waals surface area contributed by atoms with Gasteiger partial charge in [0.15, 0.2) is 10.6 Å². The van der Waals surface area contributed by atoms with Gasteiger partial charge in [0, 0.05) is 12.6 Å². The summed E-state index contributed by atoms with van der Waals surface area (Å²) in [5, 5.41) is 2.19. The molecule has 0 aliphatic carbocycles. The third-order valence-electron chi connectivity index (χ3n) is 2.40. The minimum absolute atomic E-state index is 0.0223. The van der Waals surface area contributed by atoms with Crippen molar-refractivity contribution in [2.45, 2.75) is 12.2 Å². The van der Waals surface area contributed by atoms with E-state index >= 15 is 0 Å². The maximum absolute atomic E-state index is 12.8. The molecule has 1 aliphatic rings. The third-order valence-corrected chi connectivity index (χ3v) is 2.83. The molecule has 2 heterocycles. The Kier molecular flexibility index (Phi) is 3.07. The number of carbonyl (C=O) groups excluding carboxylic acids is 1. The first-order chi connectivity index (χ1) is 7.88. The highest BCUT2D eigenvalue weighted by molar-refractivity contribution is 9.10. The Labute approximate surface area is 103 Å². The Morgan fingerprint density at radius 2 is 2.18 bits per heavy atom. The van der Waals surface area contributed by atoms with Crippen LogP contribution in [0.1, 0.15) is 0 Å². The van der Waals surface area contributed by atoms with Crippen LogP contribution in [-0.2, 0) is 4.79 Å². The zero-order valence-corrected chi connectivity index (χ0v) is 10.0. The van der Waals surface area contributed by atoms with Gasteiger partial charge in [0.1, 0.15) is 12.6 Å². The molecule has 94 valence electrons. The Morgan fingerprint density at radius 3 is 2.71 bits per heavy atom. The van der Waals surface area contributed by atoms with Gasteiger partial charge in [-0.3, -0.25) is 4.79 Å². The lowest BCUT2D eigenvalue weighted by atomic mass is 10.2. The van der Waals surface area contributed by atoms with E-state index in [1.54, 1.807) is 0 Å². The molecule has 1 amide bonds. The summed E-state index contributed by atoms with van der Waals surface area (Å²) in [6.45, 7) is -0.842. The number of furan rings is 1. The number of amides is 1. The van der Waals surface area contributed by atoms with Gasteiger partial charge >= 0.3 is 6.18 Å². The number of piperazine rings is 1. The second-order valence-corrected chi connectivity index (χ2v) is 4.35. The summed E-state index contributed by atoms with van der Waals surface area (Å²) in [6.07, 6.45) is -4.42. The number of halogens is 4. The Morgan fingerprint density at radius 1 is 1.47 bits per heavy atom. The fourth-order valence-electron chi connectivity index (χ4n) is 1.62. The fourth-order valence-corrected chi connectivity index (χ4v) is 1.92. The van der Waals surface area contributed by atoms with Crippen molar-refractivity contribution in [3.05, 3.63) is 16.8 Å². The highest BCUT2D eigenvalue weighted by Crippen LogP contribution is 2.32. The van der Waals surface area contributed by atoms with Crippen molar-refractivity contribution in [1.82, 2.24) is 5.32 Å². The smallest absolute Gasteiger partial charge is 0.410 e. The van der Waals surface area contributed by atoms with Gasteiger partial charge in [-0.1, -0.05) is 0 Å². The van der Waals surface area contributed by atoms with Gasteiger partial charge in [-0.25, -0.2) is 0 Å². The molecule has 17 heavy (non-hydrogen) atoms. The van der Waals surface area contributed by atoms with Gasteiger partial charge in [-0.05, 0) is 22.0 Å². The highest BCUT2D eigenvalue weighted by Gasteiger charge is 2.47. The van der Waals surface area contributed by atoms with E-state index in [1.807, 2.05) is 0 Å². The third kappa shape index (κ3) is 2.56. The van der Waals surface area contributed by atoms with E-state index in [1.165, 1.54) is 12.1 Å². The first kappa shape index (κ1) is 12.3. The summed E-state index contributed by atoms with van der Waals surface area (Å²) in [5.74, 6) is -0.438. The normalized spacial score (nSPS) is 21.5. The number of carbonyl (C=O) groups is 1. The molecular formula is C9H8BrF3N2O2. The van der Waals surface area contributed by atoms with Crippen LogP contribution in [0.25, 0.3) is 0 Å². The van der Waals surface area contributed by atoms with Gasteiger partial charge < -0.3 is 14.6 Å². The van der Waals surface area contributed by atoms with Crippen LogP contribution in [0.15, 0.2) is 21.2 Å². The van der Waals surface area contributed by atoms with E-state index in [2.05, 4.69) is 21.2 Å². The standard InChI is InChI=1S/C9H8BrF3N2O2/c10-6-1-2-8(17-6)15-4-7(16)14-3-5(15)9(11,12)13/h1-2,5H,3-4H2,(H,14,16). The number of nitrogens with one attached hydrogen (secondary N) is 1. The second kappa shape index (κ2) is 4.25. The average molecular weight is 313 g/mol. The molecule has 0 bridgehead atoms. The van der Waals surface area contributed by atoms with Gasteiger partial charge in [-0.15, -0.1) is 0 Å². The number of hydrogen-bond acceptors (Lipinski definition) is 3. The lowest BCUT2D eigenvalue weighted by Crippen LogP contribution is -2.60. The van der Waals surface area contributed by atoms with Crippen LogP contribution in [0.4, 0.5) is 19.1 Å². The van der Waals surface area contributed by atoms with E-state index < -0.39 is 24.7 Å². The second-order valence-electron chi connectivity index (χ2n) is 3.57. The predicted octanol–water partition coefficient (Wildman–Crippen LogP) is 1.91. The van der Waals surface area contributed by atoms with Crippen LogP contribution < -0.4 is 10.2 Å². The molecule has 0 aromatic carbocycles. The summed E-state index contributed by atoms with van der Waals surface area (Å²) in [5.41, 5.74) is 0. The molecule has 1 N–H and O–H groups in total. The Bertz CT molecular complexity index is 432. The maximum atomic E-state index is 12.8. The van der Waals surface area contributed by atoms with Crippen LogP contribution in [0, 0.1) is 0 Å². The number of anilines is 1. The SMILES string of the molecule is O=C1CN(c2ccc(Br)o2)C(C(F)(F)F)CN1. The van der Waals surface area contributed by atoms with Crippen molar-refractivity contribution in [3.63, 3.8) is 0 Å². The van der Waals surface area contributed by atoms with E-state index in [-0.39, 0.29) is 12.4 Å². The van der Waals surface area contributed by atoms with Crippen LogP contribution in [0.5, 0.6) is 0 Å². The highest BCUT2D eigenvalue weighted by atomic mass is 79.9. The molecule has 1 fully saturated rings. The minimum atomic E-state index is -4.42. The van der Waals surface area contributed by atoms with Gasteiger partial charge in [-0.2, -0.15) is 13.2 Å². The van der Waals surface area contributed by atoms with E-state index in [0.29, 0.717) is 4.67 Å². The molecule has 1 aliphatic heterocycles. The molecule has 0 radical (unpaired) electrons. The molecule has 1 aromatic rings. The van der Waals surface area contributed by atoms with Gasteiger partial charge in [0.2, 0.25) is 5.91 Å². The zero-order chi connectivity index (χ0) is 12.6. The van der Waals surface area contributed by atoms with Crippen molar-refractivity contribution in [2.75, 3.05) is 18.0 Å². The molecule has 0 saturated carbocycles. The number of rotatable bonds is 1. The zero-order valence-electron chi connectivity index (χ0n) is 8.42. The topological polar surface area (TPSA) is 45.5 Å². The fraction of sp³-hybridized carbons (Fsp3) is 0.444. The summed E-state index contributed by atoms with van der Waals surface area (Å²) in [6, 6.07) is 1.11. The summed E-state index contributed by atoms with van der Waals surface area (Å²) >= 11 is 3.01. The van der Waals surface area contributed by atoms with Crippen molar-refractivity contribution in [2.24, 2.45) is 0 Å². The largest absolute Gasteiger partial charge is 0.434 e. The molecule has 1 aromatic heterocycles.